The summed E-state index contributed by atoms with van der Waals surface area (Å²) in [6, 6.07) is 4.30. The molecule has 2 aromatic rings. The lowest BCUT2D eigenvalue weighted by molar-refractivity contribution is 0.171. The second kappa shape index (κ2) is 4.15. The van der Waals surface area contributed by atoms with Crippen molar-refractivity contribution < 1.29 is 0 Å². The van der Waals surface area contributed by atoms with E-state index in [4.69, 9.17) is 0 Å². The van der Waals surface area contributed by atoms with E-state index in [1.54, 1.807) is 0 Å². The van der Waals surface area contributed by atoms with Crippen LogP contribution in [-0.4, -0.2) is 34.1 Å². The van der Waals surface area contributed by atoms with Gasteiger partial charge in [-0.1, -0.05) is 0 Å². The maximum absolute atomic E-state index is 4.38. The lowest BCUT2D eigenvalue weighted by atomic mass is 10.0. The Balaban J connectivity index is 2.37. The fourth-order valence-electron chi connectivity index (χ4n) is 1.89. The Morgan fingerprint density at radius 1 is 1.35 bits per heavy atom. The summed E-state index contributed by atoms with van der Waals surface area (Å²) in [6.45, 7) is 7.50. The fourth-order valence-corrected chi connectivity index (χ4v) is 1.89. The third kappa shape index (κ3) is 2.34. The summed E-state index contributed by atoms with van der Waals surface area (Å²) >= 11 is 0. The van der Waals surface area contributed by atoms with Gasteiger partial charge < -0.3 is 9.47 Å². The number of aryl methyl sites for hydroxylation is 1. The number of fused-ring (bicyclic) bond motifs is 1. The summed E-state index contributed by atoms with van der Waals surface area (Å²) < 4.78 is 2.28. The van der Waals surface area contributed by atoms with Crippen LogP contribution in [-0.2, 0) is 6.54 Å². The van der Waals surface area contributed by atoms with Crippen molar-refractivity contribution in [3.05, 3.63) is 30.2 Å². The van der Waals surface area contributed by atoms with Crippen LogP contribution < -0.4 is 0 Å². The first-order valence-corrected chi connectivity index (χ1v) is 5.99. The summed E-state index contributed by atoms with van der Waals surface area (Å²) in [7, 11) is 4.24. The van der Waals surface area contributed by atoms with Gasteiger partial charge in [0.2, 0.25) is 0 Å². The maximum atomic E-state index is 4.38. The molecule has 17 heavy (non-hydrogen) atoms. The van der Waals surface area contributed by atoms with Crippen LogP contribution in [0.15, 0.2) is 24.5 Å². The number of aromatic nitrogens is 2. The Hall–Kier alpha value is -1.35. The van der Waals surface area contributed by atoms with E-state index in [0.29, 0.717) is 0 Å². The van der Waals surface area contributed by atoms with Crippen molar-refractivity contribution in [3.8, 4) is 0 Å². The normalized spacial score (nSPS) is 12.6. The Morgan fingerprint density at radius 2 is 2.06 bits per heavy atom. The fraction of sp³-hybridized carbons (Fsp3) is 0.500. The molecule has 0 N–H and O–H groups in total. The first-order chi connectivity index (χ1) is 7.90. The lowest BCUT2D eigenvalue weighted by Crippen LogP contribution is -2.41. The van der Waals surface area contributed by atoms with Gasteiger partial charge >= 0.3 is 0 Å². The number of hydrogen-bond donors (Lipinski definition) is 0. The molecular weight excluding hydrogens is 210 g/mol. The van der Waals surface area contributed by atoms with Gasteiger partial charge in [-0.3, -0.25) is 4.98 Å². The molecule has 0 aromatic carbocycles. The summed E-state index contributed by atoms with van der Waals surface area (Å²) in [5.41, 5.74) is 2.42. The van der Waals surface area contributed by atoms with Gasteiger partial charge in [0.25, 0.3) is 0 Å². The number of likely N-dealkylation sites (N-methyl/N-ethyl adjacent to an activating group) is 1. The standard InChI is InChI=1S/C14H21N3/c1-11-8-12-6-7-17(13(12)9-15-11)10-14(2,3)16(4)5/h6-9H,10H2,1-5H3. The average molecular weight is 231 g/mol. The van der Waals surface area contributed by atoms with E-state index in [1.807, 2.05) is 13.1 Å². The van der Waals surface area contributed by atoms with Gasteiger partial charge in [0, 0.05) is 29.4 Å². The van der Waals surface area contributed by atoms with E-state index in [2.05, 4.69) is 60.7 Å². The van der Waals surface area contributed by atoms with Crippen molar-refractivity contribution >= 4 is 10.9 Å². The van der Waals surface area contributed by atoms with Crippen LogP contribution in [0.2, 0.25) is 0 Å². The van der Waals surface area contributed by atoms with Crippen molar-refractivity contribution in [2.45, 2.75) is 32.9 Å². The van der Waals surface area contributed by atoms with Gasteiger partial charge in [-0.05, 0) is 47.0 Å². The highest BCUT2D eigenvalue weighted by Crippen LogP contribution is 2.20. The third-order valence-electron chi connectivity index (χ3n) is 3.56. The largest absolute Gasteiger partial charge is 0.344 e. The minimum absolute atomic E-state index is 0.136. The van der Waals surface area contributed by atoms with Gasteiger partial charge in [0.15, 0.2) is 0 Å². The highest BCUT2D eigenvalue weighted by Gasteiger charge is 2.21. The van der Waals surface area contributed by atoms with Gasteiger partial charge in [-0.25, -0.2) is 0 Å². The molecule has 3 heteroatoms. The summed E-state index contributed by atoms with van der Waals surface area (Å²) in [4.78, 5) is 6.63. The molecule has 0 aliphatic carbocycles. The van der Waals surface area contributed by atoms with E-state index >= 15 is 0 Å². The van der Waals surface area contributed by atoms with E-state index in [0.717, 1.165) is 12.2 Å². The van der Waals surface area contributed by atoms with Crippen molar-refractivity contribution in [3.63, 3.8) is 0 Å². The van der Waals surface area contributed by atoms with Crippen molar-refractivity contribution in [2.24, 2.45) is 0 Å². The summed E-state index contributed by atoms with van der Waals surface area (Å²) in [5, 5.41) is 1.27. The number of nitrogens with zero attached hydrogens (tertiary/aromatic N) is 3. The molecule has 0 spiro atoms. The highest BCUT2D eigenvalue weighted by atomic mass is 15.2. The first-order valence-electron chi connectivity index (χ1n) is 5.99. The van der Waals surface area contributed by atoms with Crippen LogP contribution in [0.3, 0.4) is 0 Å². The maximum Gasteiger partial charge on any atom is 0.0667 e. The second-order valence-electron chi connectivity index (χ2n) is 5.54. The molecule has 0 bridgehead atoms. The quantitative estimate of drug-likeness (QED) is 0.810. The third-order valence-corrected chi connectivity index (χ3v) is 3.56. The molecule has 2 aromatic heterocycles. The number of pyridine rings is 1. The SMILES string of the molecule is Cc1cc2ccn(CC(C)(C)N(C)C)c2cn1. The van der Waals surface area contributed by atoms with E-state index in [1.165, 1.54) is 10.9 Å². The molecule has 0 saturated heterocycles. The number of hydrogen-bond acceptors (Lipinski definition) is 2. The van der Waals surface area contributed by atoms with Gasteiger partial charge in [0.05, 0.1) is 11.7 Å². The average Bonchev–Trinajstić information content (AvgIpc) is 2.60. The molecule has 0 fully saturated rings. The molecule has 0 aliphatic rings. The van der Waals surface area contributed by atoms with Gasteiger partial charge in [-0.15, -0.1) is 0 Å². The molecule has 3 nitrogen and oxygen atoms in total. The predicted molar refractivity (Wildman–Crippen MR) is 72.2 cm³/mol. The zero-order valence-electron chi connectivity index (χ0n) is 11.4. The molecule has 0 aliphatic heterocycles. The van der Waals surface area contributed by atoms with Crippen molar-refractivity contribution in [2.75, 3.05) is 14.1 Å². The molecule has 0 saturated carbocycles. The Kier molecular flexibility index (Phi) is 2.96. The Bertz CT molecular complexity index is 523. The predicted octanol–water partition coefficient (Wildman–Crippen LogP) is 2.68. The minimum atomic E-state index is 0.136. The molecule has 2 rings (SSSR count). The Labute approximate surface area is 103 Å². The van der Waals surface area contributed by atoms with Gasteiger partial charge in [-0.2, -0.15) is 0 Å². The highest BCUT2D eigenvalue weighted by molar-refractivity contribution is 5.79. The van der Waals surface area contributed by atoms with Crippen molar-refractivity contribution in [1.29, 1.82) is 0 Å². The Morgan fingerprint density at radius 3 is 2.71 bits per heavy atom. The monoisotopic (exact) mass is 231 g/mol. The second-order valence-corrected chi connectivity index (χ2v) is 5.54. The summed E-state index contributed by atoms with van der Waals surface area (Å²) in [5.74, 6) is 0. The zero-order chi connectivity index (χ0) is 12.6. The number of rotatable bonds is 3. The molecule has 0 unspecified atom stereocenters. The molecular formula is C14H21N3. The lowest BCUT2D eigenvalue weighted by Gasteiger charge is -2.33. The molecule has 92 valence electrons. The molecule has 0 radical (unpaired) electrons. The molecule has 0 atom stereocenters. The van der Waals surface area contributed by atoms with Crippen LogP contribution in [0.5, 0.6) is 0 Å². The molecule has 2 heterocycles. The van der Waals surface area contributed by atoms with Crippen LogP contribution in [0, 0.1) is 6.92 Å². The zero-order valence-corrected chi connectivity index (χ0v) is 11.4. The van der Waals surface area contributed by atoms with E-state index < -0.39 is 0 Å². The van der Waals surface area contributed by atoms with E-state index in [9.17, 15) is 0 Å². The van der Waals surface area contributed by atoms with Crippen LogP contribution in [0.4, 0.5) is 0 Å². The minimum Gasteiger partial charge on any atom is -0.344 e. The topological polar surface area (TPSA) is 21.1 Å². The van der Waals surface area contributed by atoms with Crippen molar-refractivity contribution in [1.82, 2.24) is 14.5 Å². The molecule has 0 amide bonds. The van der Waals surface area contributed by atoms with Crippen LogP contribution in [0.25, 0.3) is 10.9 Å². The van der Waals surface area contributed by atoms with Crippen LogP contribution >= 0.6 is 0 Å². The van der Waals surface area contributed by atoms with E-state index in [-0.39, 0.29) is 5.54 Å². The smallest absolute Gasteiger partial charge is 0.0667 e. The summed E-state index contributed by atoms with van der Waals surface area (Å²) in [6.07, 6.45) is 4.12. The van der Waals surface area contributed by atoms with Crippen LogP contribution in [0.1, 0.15) is 19.5 Å². The first kappa shape index (κ1) is 12.1. The van der Waals surface area contributed by atoms with Gasteiger partial charge in [0.1, 0.15) is 0 Å².